The fourth-order valence-electron chi connectivity index (χ4n) is 1.11. The Hall–Kier alpha value is -0.610. The number of carbonyl (C=O) groups is 1. The van der Waals surface area contributed by atoms with E-state index >= 15 is 0 Å². The summed E-state index contributed by atoms with van der Waals surface area (Å²) < 4.78 is 5.42. The lowest BCUT2D eigenvalue weighted by molar-refractivity contribution is -0.126. The molecular formula is C11H22N2O2. The summed E-state index contributed by atoms with van der Waals surface area (Å²) in [6.07, 6.45) is 2.61. The van der Waals surface area contributed by atoms with Crippen molar-refractivity contribution in [2.24, 2.45) is 5.92 Å². The molecule has 0 atom stereocenters. The summed E-state index contributed by atoms with van der Waals surface area (Å²) in [5.74, 6) is 0.800. The van der Waals surface area contributed by atoms with Gasteiger partial charge in [0.2, 0.25) is 5.91 Å². The van der Waals surface area contributed by atoms with Gasteiger partial charge in [0, 0.05) is 13.2 Å². The van der Waals surface area contributed by atoms with Gasteiger partial charge in [0.15, 0.2) is 0 Å². The van der Waals surface area contributed by atoms with Gasteiger partial charge in [-0.25, -0.2) is 0 Å². The molecule has 0 aromatic heterocycles. The van der Waals surface area contributed by atoms with Crippen LogP contribution in [0.3, 0.4) is 0 Å². The van der Waals surface area contributed by atoms with Gasteiger partial charge in [0.05, 0.1) is 12.1 Å². The third kappa shape index (κ3) is 4.62. The van der Waals surface area contributed by atoms with Crippen LogP contribution in [0.4, 0.5) is 0 Å². The maximum absolute atomic E-state index is 11.6. The molecule has 0 radical (unpaired) electrons. The topological polar surface area (TPSA) is 50.4 Å². The fourth-order valence-corrected chi connectivity index (χ4v) is 1.11. The second-order valence-electron chi connectivity index (χ2n) is 4.65. The Labute approximate surface area is 91.8 Å². The lowest BCUT2D eigenvalue weighted by Crippen LogP contribution is -2.51. The van der Waals surface area contributed by atoms with Crippen molar-refractivity contribution in [2.75, 3.05) is 26.8 Å². The molecule has 1 saturated carbocycles. The van der Waals surface area contributed by atoms with Crippen molar-refractivity contribution < 1.29 is 9.53 Å². The molecule has 0 bridgehead atoms. The molecule has 1 rings (SSSR count). The predicted molar refractivity (Wildman–Crippen MR) is 59.7 cm³/mol. The smallest absolute Gasteiger partial charge is 0.239 e. The molecule has 1 aliphatic rings. The summed E-state index contributed by atoms with van der Waals surface area (Å²) in [4.78, 5) is 11.6. The van der Waals surface area contributed by atoms with Crippen LogP contribution in [0.15, 0.2) is 0 Å². The van der Waals surface area contributed by atoms with Crippen LogP contribution >= 0.6 is 0 Å². The Bertz CT molecular complexity index is 213. The standard InChI is InChI=1S/C11H22N2O2/c1-11(2,12-3)10(14)13-6-7-15-8-9-4-5-9/h9,12H,4-8H2,1-3H3,(H,13,14). The molecule has 0 aromatic carbocycles. The zero-order chi connectivity index (χ0) is 11.3. The van der Waals surface area contributed by atoms with E-state index in [1.54, 1.807) is 7.05 Å². The van der Waals surface area contributed by atoms with Crippen LogP contribution in [0.5, 0.6) is 0 Å². The molecule has 0 aromatic rings. The van der Waals surface area contributed by atoms with Crippen LogP contribution in [0, 0.1) is 5.92 Å². The summed E-state index contributed by atoms with van der Waals surface area (Å²) in [6.45, 7) is 5.77. The van der Waals surface area contributed by atoms with Crippen LogP contribution in [0.25, 0.3) is 0 Å². The molecule has 88 valence electrons. The zero-order valence-electron chi connectivity index (χ0n) is 9.93. The molecule has 4 heteroatoms. The third-order valence-electron chi connectivity index (χ3n) is 2.78. The van der Waals surface area contributed by atoms with Crippen LogP contribution < -0.4 is 10.6 Å². The normalized spacial score (nSPS) is 16.5. The van der Waals surface area contributed by atoms with Gasteiger partial charge in [-0.2, -0.15) is 0 Å². The summed E-state index contributed by atoms with van der Waals surface area (Å²) in [6, 6.07) is 0. The molecule has 1 aliphatic carbocycles. The highest BCUT2D eigenvalue weighted by Crippen LogP contribution is 2.28. The number of carbonyl (C=O) groups excluding carboxylic acids is 1. The van der Waals surface area contributed by atoms with Crippen LogP contribution in [-0.2, 0) is 9.53 Å². The molecule has 1 amide bonds. The number of hydrogen-bond donors (Lipinski definition) is 2. The van der Waals surface area contributed by atoms with Crippen molar-refractivity contribution in [2.45, 2.75) is 32.2 Å². The van der Waals surface area contributed by atoms with Gasteiger partial charge in [-0.3, -0.25) is 4.79 Å². The first-order chi connectivity index (χ1) is 7.06. The Morgan fingerprint density at radius 3 is 2.67 bits per heavy atom. The van der Waals surface area contributed by atoms with Gasteiger partial charge in [0.25, 0.3) is 0 Å². The van der Waals surface area contributed by atoms with Crippen molar-refractivity contribution in [3.05, 3.63) is 0 Å². The highest BCUT2D eigenvalue weighted by Gasteiger charge is 2.24. The molecule has 0 spiro atoms. The average molecular weight is 214 g/mol. The third-order valence-corrected chi connectivity index (χ3v) is 2.78. The first-order valence-corrected chi connectivity index (χ1v) is 5.61. The van der Waals surface area contributed by atoms with E-state index in [-0.39, 0.29) is 5.91 Å². The van der Waals surface area contributed by atoms with E-state index in [1.807, 2.05) is 13.8 Å². The van der Waals surface area contributed by atoms with Crippen molar-refractivity contribution in [3.63, 3.8) is 0 Å². The van der Waals surface area contributed by atoms with E-state index in [0.29, 0.717) is 13.2 Å². The summed E-state index contributed by atoms with van der Waals surface area (Å²) in [7, 11) is 1.78. The largest absolute Gasteiger partial charge is 0.379 e. The molecule has 15 heavy (non-hydrogen) atoms. The predicted octanol–water partition coefficient (Wildman–Crippen LogP) is 0.527. The highest BCUT2D eigenvalue weighted by molar-refractivity contribution is 5.85. The van der Waals surface area contributed by atoms with Gasteiger partial charge >= 0.3 is 0 Å². The summed E-state index contributed by atoms with van der Waals surface area (Å²) >= 11 is 0. The molecule has 0 saturated heterocycles. The van der Waals surface area contributed by atoms with Crippen LogP contribution in [-0.4, -0.2) is 38.3 Å². The molecule has 0 heterocycles. The number of rotatable bonds is 7. The molecular weight excluding hydrogens is 192 g/mol. The first kappa shape index (κ1) is 12.5. The number of likely N-dealkylation sites (N-methyl/N-ethyl adjacent to an activating group) is 1. The molecule has 2 N–H and O–H groups in total. The number of nitrogens with one attached hydrogen (secondary N) is 2. The minimum Gasteiger partial charge on any atom is -0.379 e. The quantitative estimate of drug-likeness (QED) is 0.608. The van der Waals surface area contributed by atoms with Gasteiger partial charge in [-0.15, -0.1) is 0 Å². The lowest BCUT2D eigenvalue weighted by Gasteiger charge is -2.22. The van der Waals surface area contributed by atoms with Crippen LogP contribution in [0.2, 0.25) is 0 Å². The second-order valence-corrected chi connectivity index (χ2v) is 4.65. The van der Waals surface area contributed by atoms with Crippen molar-refractivity contribution in [1.82, 2.24) is 10.6 Å². The van der Waals surface area contributed by atoms with Crippen molar-refractivity contribution in [3.8, 4) is 0 Å². The van der Waals surface area contributed by atoms with Gasteiger partial charge < -0.3 is 15.4 Å². The van der Waals surface area contributed by atoms with E-state index < -0.39 is 5.54 Å². The van der Waals surface area contributed by atoms with E-state index in [2.05, 4.69) is 10.6 Å². The Morgan fingerprint density at radius 2 is 2.13 bits per heavy atom. The number of amides is 1. The van der Waals surface area contributed by atoms with Gasteiger partial charge in [-0.05, 0) is 39.7 Å². The van der Waals surface area contributed by atoms with E-state index in [0.717, 1.165) is 12.5 Å². The van der Waals surface area contributed by atoms with E-state index in [1.165, 1.54) is 12.8 Å². The second kappa shape index (κ2) is 5.47. The Morgan fingerprint density at radius 1 is 1.47 bits per heavy atom. The monoisotopic (exact) mass is 214 g/mol. The highest BCUT2D eigenvalue weighted by atomic mass is 16.5. The average Bonchev–Trinajstić information content (AvgIpc) is 3.00. The van der Waals surface area contributed by atoms with E-state index in [9.17, 15) is 4.79 Å². The maximum Gasteiger partial charge on any atom is 0.239 e. The minimum atomic E-state index is -0.503. The molecule has 4 nitrogen and oxygen atoms in total. The summed E-state index contributed by atoms with van der Waals surface area (Å²) in [5.41, 5.74) is -0.503. The van der Waals surface area contributed by atoms with Crippen molar-refractivity contribution >= 4 is 5.91 Å². The Kier molecular flexibility index (Phi) is 4.54. The Balaban J connectivity index is 2.00. The van der Waals surface area contributed by atoms with Crippen LogP contribution in [0.1, 0.15) is 26.7 Å². The maximum atomic E-state index is 11.6. The fraction of sp³-hybridized carbons (Fsp3) is 0.909. The molecule has 1 fully saturated rings. The lowest BCUT2D eigenvalue weighted by atomic mass is 10.1. The van der Waals surface area contributed by atoms with Crippen molar-refractivity contribution in [1.29, 1.82) is 0 Å². The zero-order valence-corrected chi connectivity index (χ0v) is 9.93. The number of hydrogen-bond acceptors (Lipinski definition) is 3. The molecule has 0 aliphatic heterocycles. The van der Waals surface area contributed by atoms with Gasteiger partial charge in [0.1, 0.15) is 0 Å². The summed E-state index contributed by atoms with van der Waals surface area (Å²) in [5, 5.41) is 5.80. The molecule has 0 unspecified atom stereocenters. The number of ether oxygens (including phenoxy) is 1. The SMILES string of the molecule is CNC(C)(C)C(=O)NCCOCC1CC1. The van der Waals surface area contributed by atoms with E-state index in [4.69, 9.17) is 4.74 Å². The van der Waals surface area contributed by atoms with Gasteiger partial charge in [-0.1, -0.05) is 0 Å². The first-order valence-electron chi connectivity index (χ1n) is 5.61. The minimum absolute atomic E-state index is 0.0139.